The summed E-state index contributed by atoms with van der Waals surface area (Å²) in [5, 5.41) is 14.6. The van der Waals surface area contributed by atoms with Crippen LogP contribution in [-0.4, -0.2) is 36.4 Å². The van der Waals surface area contributed by atoms with Crippen LogP contribution in [-0.2, 0) is 4.74 Å². The Kier molecular flexibility index (Phi) is 4.80. The van der Waals surface area contributed by atoms with Crippen molar-refractivity contribution in [1.29, 1.82) is 0 Å². The lowest BCUT2D eigenvalue weighted by Gasteiger charge is -2.20. The first-order chi connectivity index (χ1) is 10.0. The Labute approximate surface area is 123 Å². The van der Waals surface area contributed by atoms with Crippen LogP contribution in [0.5, 0.6) is 0 Å². The largest absolute Gasteiger partial charge is 0.478 e. The fourth-order valence-electron chi connectivity index (χ4n) is 2.64. The molecule has 3 N–H and O–H groups in total. The molecule has 0 saturated heterocycles. The van der Waals surface area contributed by atoms with E-state index in [0.717, 1.165) is 24.8 Å². The maximum atomic E-state index is 12.0. The number of carbonyl (C=O) groups excluding carboxylic acids is 1. The van der Waals surface area contributed by atoms with E-state index >= 15 is 0 Å². The van der Waals surface area contributed by atoms with Crippen LogP contribution in [0.15, 0.2) is 18.2 Å². The molecule has 1 fully saturated rings. The molecule has 0 spiro atoms. The Hall–Kier alpha value is -2.08. The van der Waals surface area contributed by atoms with Gasteiger partial charge < -0.3 is 20.5 Å². The number of amides is 2. The number of methoxy groups -OCH3 is 1. The zero-order valence-electron chi connectivity index (χ0n) is 12.2. The maximum Gasteiger partial charge on any atom is 0.337 e. The Bertz CT molecular complexity index is 544. The van der Waals surface area contributed by atoms with Crippen molar-refractivity contribution >= 4 is 17.7 Å². The number of rotatable bonds is 4. The minimum Gasteiger partial charge on any atom is -0.478 e. The van der Waals surface area contributed by atoms with Gasteiger partial charge in [0.25, 0.3) is 0 Å². The SMILES string of the molecule is COC1CCCC1NC(=O)Nc1ccc(C)cc1C(=O)O. The Morgan fingerprint density at radius 2 is 2.10 bits per heavy atom. The first-order valence-electron chi connectivity index (χ1n) is 6.95. The molecule has 0 bridgehead atoms. The van der Waals surface area contributed by atoms with E-state index in [1.165, 1.54) is 6.07 Å². The molecule has 6 heteroatoms. The van der Waals surface area contributed by atoms with Crippen molar-refractivity contribution in [1.82, 2.24) is 5.32 Å². The fraction of sp³-hybridized carbons (Fsp3) is 0.467. The Balaban J connectivity index is 2.04. The first kappa shape index (κ1) is 15.3. The number of aromatic carboxylic acids is 1. The molecule has 0 aromatic heterocycles. The number of nitrogens with one attached hydrogen (secondary N) is 2. The van der Waals surface area contributed by atoms with E-state index in [2.05, 4.69) is 10.6 Å². The minimum absolute atomic E-state index is 0.0210. The van der Waals surface area contributed by atoms with Crippen molar-refractivity contribution in [2.45, 2.75) is 38.3 Å². The second kappa shape index (κ2) is 6.58. The molecule has 2 rings (SSSR count). The van der Waals surface area contributed by atoms with Crippen LogP contribution in [0.2, 0.25) is 0 Å². The van der Waals surface area contributed by atoms with Crippen molar-refractivity contribution < 1.29 is 19.4 Å². The van der Waals surface area contributed by atoms with Crippen LogP contribution in [0.3, 0.4) is 0 Å². The van der Waals surface area contributed by atoms with E-state index in [9.17, 15) is 14.7 Å². The zero-order valence-corrected chi connectivity index (χ0v) is 12.2. The number of carboxylic acid groups (broad SMARTS) is 1. The van der Waals surface area contributed by atoms with Gasteiger partial charge in [0, 0.05) is 7.11 Å². The molecular weight excluding hydrogens is 272 g/mol. The van der Waals surface area contributed by atoms with Gasteiger partial charge in [0.15, 0.2) is 0 Å². The Morgan fingerprint density at radius 1 is 1.33 bits per heavy atom. The lowest BCUT2D eigenvalue weighted by Crippen LogP contribution is -2.43. The number of carbonyl (C=O) groups is 2. The van der Waals surface area contributed by atoms with Crippen molar-refractivity contribution in [2.75, 3.05) is 12.4 Å². The van der Waals surface area contributed by atoms with Gasteiger partial charge in [-0.1, -0.05) is 11.6 Å². The van der Waals surface area contributed by atoms with Crippen molar-refractivity contribution in [2.24, 2.45) is 0 Å². The summed E-state index contributed by atoms with van der Waals surface area (Å²) in [6, 6.07) is 4.45. The van der Waals surface area contributed by atoms with Gasteiger partial charge in [0.1, 0.15) is 0 Å². The highest BCUT2D eigenvalue weighted by atomic mass is 16.5. The topological polar surface area (TPSA) is 87.7 Å². The summed E-state index contributed by atoms with van der Waals surface area (Å²) in [7, 11) is 1.63. The number of hydrogen-bond acceptors (Lipinski definition) is 3. The van der Waals surface area contributed by atoms with E-state index in [4.69, 9.17) is 4.74 Å². The second-order valence-electron chi connectivity index (χ2n) is 5.26. The molecule has 6 nitrogen and oxygen atoms in total. The van der Waals surface area contributed by atoms with Gasteiger partial charge in [-0.15, -0.1) is 0 Å². The summed E-state index contributed by atoms with van der Waals surface area (Å²) >= 11 is 0. The molecule has 0 aliphatic heterocycles. The van der Waals surface area contributed by atoms with E-state index in [1.807, 2.05) is 0 Å². The third-order valence-electron chi connectivity index (χ3n) is 3.73. The highest BCUT2D eigenvalue weighted by Crippen LogP contribution is 2.22. The van der Waals surface area contributed by atoms with E-state index in [0.29, 0.717) is 0 Å². The summed E-state index contributed by atoms with van der Waals surface area (Å²) < 4.78 is 5.32. The number of aryl methyl sites for hydroxylation is 1. The van der Waals surface area contributed by atoms with Gasteiger partial charge in [0.05, 0.1) is 23.4 Å². The molecule has 1 aliphatic rings. The van der Waals surface area contributed by atoms with Crippen LogP contribution in [0, 0.1) is 6.92 Å². The number of benzene rings is 1. The number of anilines is 1. The van der Waals surface area contributed by atoms with Gasteiger partial charge >= 0.3 is 12.0 Å². The lowest BCUT2D eigenvalue weighted by atomic mass is 10.1. The molecule has 0 radical (unpaired) electrons. The summed E-state index contributed by atoms with van der Waals surface area (Å²) in [6.07, 6.45) is 2.82. The highest BCUT2D eigenvalue weighted by Gasteiger charge is 2.28. The molecule has 1 aromatic carbocycles. The zero-order chi connectivity index (χ0) is 15.4. The predicted octanol–water partition coefficient (Wildman–Crippen LogP) is 2.38. The number of ether oxygens (including phenoxy) is 1. The minimum atomic E-state index is -1.07. The van der Waals surface area contributed by atoms with Crippen LogP contribution in [0.25, 0.3) is 0 Å². The molecule has 2 unspecified atom stereocenters. The third-order valence-corrected chi connectivity index (χ3v) is 3.73. The second-order valence-corrected chi connectivity index (χ2v) is 5.26. The normalized spacial score (nSPS) is 21.0. The molecule has 2 atom stereocenters. The molecule has 21 heavy (non-hydrogen) atoms. The average molecular weight is 292 g/mol. The smallest absolute Gasteiger partial charge is 0.337 e. The van der Waals surface area contributed by atoms with Gasteiger partial charge in [-0.3, -0.25) is 0 Å². The molecule has 0 heterocycles. The lowest BCUT2D eigenvalue weighted by molar-refractivity contribution is 0.0698. The van der Waals surface area contributed by atoms with Crippen molar-refractivity contribution in [3.63, 3.8) is 0 Å². The summed E-state index contributed by atoms with van der Waals surface area (Å²) in [6.45, 7) is 1.80. The van der Waals surface area contributed by atoms with Crippen molar-refractivity contribution in [3.05, 3.63) is 29.3 Å². The van der Waals surface area contributed by atoms with Crippen LogP contribution >= 0.6 is 0 Å². The number of urea groups is 1. The number of carboxylic acids is 1. The molecule has 114 valence electrons. The monoisotopic (exact) mass is 292 g/mol. The van der Waals surface area contributed by atoms with Gasteiger partial charge in [0.2, 0.25) is 0 Å². The summed E-state index contributed by atoms with van der Waals surface area (Å²) in [4.78, 5) is 23.2. The van der Waals surface area contributed by atoms with Crippen molar-refractivity contribution in [3.8, 4) is 0 Å². The molecule has 1 aliphatic carbocycles. The van der Waals surface area contributed by atoms with Gasteiger partial charge in [-0.05, 0) is 38.3 Å². The molecule has 1 saturated carbocycles. The Morgan fingerprint density at radius 3 is 2.76 bits per heavy atom. The average Bonchev–Trinajstić information content (AvgIpc) is 2.87. The molecule has 1 aromatic rings. The third kappa shape index (κ3) is 3.72. The van der Waals surface area contributed by atoms with Crippen LogP contribution in [0.1, 0.15) is 35.2 Å². The van der Waals surface area contributed by atoms with Gasteiger partial charge in [-0.25, -0.2) is 9.59 Å². The van der Waals surface area contributed by atoms with E-state index < -0.39 is 12.0 Å². The maximum absolute atomic E-state index is 12.0. The predicted molar refractivity (Wildman–Crippen MR) is 78.7 cm³/mol. The first-order valence-corrected chi connectivity index (χ1v) is 6.95. The summed E-state index contributed by atoms with van der Waals surface area (Å²) in [5.74, 6) is -1.07. The van der Waals surface area contributed by atoms with E-state index in [-0.39, 0.29) is 23.4 Å². The highest BCUT2D eigenvalue weighted by molar-refractivity contribution is 6.00. The van der Waals surface area contributed by atoms with E-state index in [1.54, 1.807) is 26.2 Å². The van der Waals surface area contributed by atoms with Crippen LogP contribution < -0.4 is 10.6 Å². The molecule has 2 amide bonds. The fourth-order valence-corrected chi connectivity index (χ4v) is 2.64. The standard InChI is InChI=1S/C15H20N2O4/c1-9-6-7-11(10(8-9)14(18)19)16-15(20)17-12-4-3-5-13(12)21-2/h6-8,12-13H,3-5H2,1-2H3,(H,18,19)(H2,16,17,20). The molecular formula is C15H20N2O4. The summed E-state index contributed by atoms with van der Waals surface area (Å²) in [5.41, 5.74) is 1.20. The van der Waals surface area contributed by atoms with Crippen LogP contribution in [0.4, 0.5) is 10.5 Å². The van der Waals surface area contributed by atoms with Gasteiger partial charge in [-0.2, -0.15) is 0 Å². The quantitative estimate of drug-likeness (QED) is 0.795. The number of hydrogen-bond donors (Lipinski definition) is 3.